The number of fused-ring (bicyclic) bond motifs is 1. The maximum Gasteiger partial charge on any atom is 0.258 e. The van der Waals surface area contributed by atoms with E-state index >= 15 is 0 Å². The van der Waals surface area contributed by atoms with Crippen LogP contribution in [0.5, 0.6) is 0 Å². The van der Waals surface area contributed by atoms with Crippen molar-refractivity contribution in [3.8, 4) is 0 Å². The van der Waals surface area contributed by atoms with E-state index < -0.39 is 0 Å². The average molecular weight is 308 g/mol. The van der Waals surface area contributed by atoms with Gasteiger partial charge in [0.25, 0.3) is 5.56 Å². The van der Waals surface area contributed by atoms with Crippen LogP contribution < -0.4 is 5.56 Å². The summed E-state index contributed by atoms with van der Waals surface area (Å²) in [5.74, 6) is 0.769. The van der Waals surface area contributed by atoms with Gasteiger partial charge in [-0.1, -0.05) is 12.1 Å². The minimum atomic E-state index is -0.0482. The van der Waals surface area contributed by atoms with Gasteiger partial charge in [0.05, 0.1) is 10.9 Å². The topological polar surface area (TPSA) is 64.8 Å². The Bertz CT molecular complexity index is 853. The second-order valence-corrected chi connectivity index (χ2v) is 6.10. The first-order valence-electron chi connectivity index (χ1n) is 8.16. The second kappa shape index (κ2) is 6.01. The van der Waals surface area contributed by atoms with Gasteiger partial charge < -0.3 is 9.97 Å². The summed E-state index contributed by atoms with van der Waals surface area (Å²) >= 11 is 0. The molecule has 0 aliphatic carbocycles. The van der Waals surface area contributed by atoms with Gasteiger partial charge >= 0.3 is 0 Å². The van der Waals surface area contributed by atoms with Crippen molar-refractivity contribution < 1.29 is 0 Å². The molecule has 5 heteroatoms. The Morgan fingerprint density at radius 1 is 1.22 bits per heavy atom. The highest BCUT2D eigenvalue weighted by molar-refractivity contribution is 5.77. The fraction of sp³-hybridized carbons (Fsp3) is 0.333. The summed E-state index contributed by atoms with van der Waals surface area (Å²) in [6, 6.07) is 12.1. The van der Waals surface area contributed by atoms with E-state index in [1.54, 1.807) is 0 Å². The molecule has 118 valence electrons. The summed E-state index contributed by atoms with van der Waals surface area (Å²) in [4.78, 5) is 25.4. The molecule has 0 unspecified atom stereocenters. The molecule has 1 atom stereocenters. The van der Waals surface area contributed by atoms with Crippen molar-refractivity contribution in [1.29, 1.82) is 0 Å². The molecule has 1 aliphatic rings. The lowest BCUT2D eigenvalue weighted by molar-refractivity contribution is 0.255. The number of rotatable bonds is 4. The fourth-order valence-electron chi connectivity index (χ4n) is 3.50. The van der Waals surface area contributed by atoms with Crippen molar-refractivity contribution in [3.63, 3.8) is 0 Å². The minimum absolute atomic E-state index is 0.0482. The number of aromatic amines is 2. The number of hydrogen-bond acceptors (Lipinski definition) is 3. The molecule has 5 nitrogen and oxygen atoms in total. The zero-order valence-corrected chi connectivity index (χ0v) is 13.0. The highest BCUT2D eigenvalue weighted by atomic mass is 16.1. The first-order valence-corrected chi connectivity index (χ1v) is 8.16. The van der Waals surface area contributed by atoms with Crippen molar-refractivity contribution in [2.75, 3.05) is 13.1 Å². The van der Waals surface area contributed by atoms with E-state index in [9.17, 15) is 4.79 Å². The number of nitrogens with one attached hydrogen (secondary N) is 2. The lowest BCUT2D eigenvalue weighted by Gasteiger charge is -2.23. The minimum Gasteiger partial charge on any atom is -0.364 e. The third kappa shape index (κ3) is 2.80. The van der Waals surface area contributed by atoms with Gasteiger partial charge in [0.15, 0.2) is 0 Å². The molecule has 4 rings (SSSR count). The molecule has 1 fully saturated rings. The Balaban J connectivity index is 1.51. The van der Waals surface area contributed by atoms with Crippen LogP contribution in [0.1, 0.15) is 30.4 Å². The number of para-hydroxylation sites is 1. The van der Waals surface area contributed by atoms with E-state index in [1.165, 1.54) is 18.5 Å². The van der Waals surface area contributed by atoms with Gasteiger partial charge in [0.2, 0.25) is 0 Å². The molecule has 3 aromatic rings. The van der Waals surface area contributed by atoms with Crippen LogP contribution in [0.3, 0.4) is 0 Å². The zero-order chi connectivity index (χ0) is 15.6. The Morgan fingerprint density at radius 2 is 2.13 bits per heavy atom. The van der Waals surface area contributed by atoms with E-state index in [4.69, 9.17) is 0 Å². The van der Waals surface area contributed by atoms with Crippen LogP contribution in [-0.2, 0) is 6.42 Å². The first-order chi connectivity index (χ1) is 11.3. The maximum absolute atomic E-state index is 12.1. The molecule has 1 aliphatic heterocycles. The van der Waals surface area contributed by atoms with E-state index in [-0.39, 0.29) is 5.56 Å². The summed E-state index contributed by atoms with van der Waals surface area (Å²) in [5.41, 5.74) is 2.00. The Kier molecular flexibility index (Phi) is 3.71. The predicted octanol–water partition coefficient (Wildman–Crippen LogP) is 2.63. The quantitative estimate of drug-likeness (QED) is 0.779. The normalized spacial score (nSPS) is 18.7. The largest absolute Gasteiger partial charge is 0.364 e. The van der Waals surface area contributed by atoms with E-state index in [0.717, 1.165) is 30.9 Å². The van der Waals surface area contributed by atoms with Crippen molar-refractivity contribution in [3.05, 3.63) is 64.5 Å². The van der Waals surface area contributed by atoms with Crippen LogP contribution in [0.2, 0.25) is 0 Å². The van der Waals surface area contributed by atoms with Crippen LogP contribution in [0, 0.1) is 0 Å². The molecule has 0 amide bonds. The maximum atomic E-state index is 12.1. The lowest BCUT2D eigenvalue weighted by Crippen LogP contribution is -2.27. The lowest BCUT2D eigenvalue weighted by atomic mass is 10.1. The van der Waals surface area contributed by atoms with Gasteiger partial charge in [-0.3, -0.25) is 9.69 Å². The van der Waals surface area contributed by atoms with Crippen LogP contribution in [0.25, 0.3) is 10.9 Å². The van der Waals surface area contributed by atoms with Gasteiger partial charge in [0.1, 0.15) is 5.82 Å². The zero-order valence-electron chi connectivity index (χ0n) is 13.0. The molecule has 0 saturated carbocycles. The highest BCUT2D eigenvalue weighted by Gasteiger charge is 2.26. The Labute approximate surface area is 134 Å². The summed E-state index contributed by atoms with van der Waals surface area (Å²) in [5, 5.41) is 0.654. The van der Waals surface area contributed by atoms with E-state index in [1.807, 2.05) is 36.5 Å². The van der Waals surface area contributed by atoms with Crippen LogP contribution >= 0.6 is 0 Å². The van der Waals surface area contributed by atoms with Crippen LogP contribution in [0.4, 0.5) is 0 Å². The van der Waals surface area contributed by atoms with Gasteiger partial charge in [-0.2, -0.15) is 0 Å². The van der Waals surface area contributed by atoms with Crippen molar-refractivity contribution in [2.24, 2.45) is 0 Å². The smallest absolute Gasteiger partial charge is 0.258 e. The number of hydrogen-bond donors (Lipinski definition) is 2. The summed E-state index contributed by atoms with van der Waals surface area (Å²) in [6.45, 7) is 2.01. The monoisotopic (exact) mass is 308 g/mol. The molecule has 23 heavy (non-hydrogen) atoms. The summed E-state index contributed by atoms with van der Waals surface area (Å²) < 4.78 is 0. The molecular formula is C18H20N4O. The molecule has 1 aromatic carbocycles. The third-order valence-electron chi connectivity index (χ3n) is 4.64. The molecule has 0 spiro atoms. The SMILES string of the molecule is O=c1[nH]c(CCN2CCC[C@@H]2c2ccc[nH]2)nc2ccccc12. The number of aromatic nitrogens is 3. The van der Waals surface area contributed by atoms with Crippen molar-refractivity contribution >= 4 is 10.9 Å². The standard InChI is InChI=1S/C18H20N4O/c23-18-13-5-1-2-6-14(13)20-17(21-18)9-12-22-11-4-8-16(22)15-7-3-10-19-15/h1-3,5-7,10,16,19H,4,8-9,11-12H2,(H,20,21,23)/t16-/m1/s1. The number of likely N-dealkylation sites (tertiary alicyclic amines) is 1. The highest BCUT2D eigenvalue weighted by Crippen LogP contribution is 2.30. The summed E-state index contributed by atoms with van der Waals surface area (Å²) in [7, 11) is 0. The van der Waals surface area contributed by atoms with E-state index in [2.05, 4.69) is 25.9 Å². The van der Waals surface area contributed by atoms with Crippen molar-refractivity contribution in [1.82, 2.24) is 19.9 Å². The average Bonchev–Trinajstić information content (AvgIpc) is 3.24. The number of benzene rings is 1. The Morgan fingerprint density at radius 3 is 3.00 bits per heavy atom. The van der Waals surface area contributed by atoms with Crippen molar-refractivity contribution in [2.45, 2.75) is 25.3 Å². The van der Waals surface area contributed by atoms with E-state index in [0.29, 0.717) is 11.4 Å². The molecule has 0 bridgehead atoms. The van der Waals surface area contributed by atoms with Gasteiger partial charge in [-0.25, -0.2) is 4.98 Å². The molecule has 1 saturated heterocycles. The van der Waals surface area contributed by atoms with Gasteiger partial charge in [-0.15, -0.1) is 0 Å². The summed E-state index contributed by atoms with van der Waals surface area (Å²) in [6.07, 6.45) is 5.14. The molecule has 3 heterocycles. The first kappa shape index (κ1) is 14.2. The van der Waals surface area contributed by atoms with Gasteiger partial charge in [-0.05, 0) is 43.7 Å². The molecular weight excluding hydrogens is 288 g/mol. The van der Waals surface area contributed by atoms with Gasteiger partial charge in [0, 0.05) is 30.9 Å². The second-order valence-electron chi connectivity index (χ2n) is 6.10. The predicted molar refractivity (Wildman–Crippen MR) is 90.4 cm³/mol. The number of H-pyrrole nitrogens is 2. The van der Waals surface area contributed by atoms with Crippen LogP contribution in [0.15, 0.2) is 47.4 Å². The molecule has 2 N–H and O–H groups in total. The fourth-order valence-corrected chi connectivity index (χ4v) is 3.50. The molecule has 2 aromatic heterocycles. The Hall–Kier alpha value is -2.40. The third-order valence-corrected chi connectivity index (χ3v) is 4.64. The molecule has 0 radical (unpaired) electrons. The number of nitrogens with zero attached hydrogens (tertiary/aromatic N) is 2. The van der Waals surface area contributed by atoms with Crippen LogP contribution in [-0.4, -0.2) is 32.9 Å².